The smallest absolute Gasteiger partial charge is 0.420 e. The van der Waals surface area contributed by atoms with Crippen LogP contribution in [0.2, 0.25) is 0 Å². The van der Waals surface area contributed by atoms with Gasteiger partial charge in [-0.2, -0.15) is 4.39 Å². The van der Waals surface area contributed by atoms with Crippen LogP contribution in [-0.2, 0) is 0 Å². The molecule has 2 nitrogen and oxygen atoms in total. The summed E-state index contributed by atoms with van der Waals surface area (Å²) in [6.45, 7) is 0. The van der Waals surface area contributed by atoms with E-state index in [0.29, 0.717) is 0 Å². The molecule has 0 aliphatic rings. The normalized spacial score (nSPS) is 11.1. The number of rotatable bonds is 3. The second-order valence-electron chi connectivity index (χ2n) is 2.35. The Hall–Kier alpha value is -1.23. The Labute approximate surface area is 82.2 Å². The van der Waals surface area contributed by atoms with Gasteiger partial charge in [0.1, 0.15) is 5.75 Å². The summed E-state index contributed by atoms with van der Waals surface area (Å²) in [5.41, 5.74) is -4.06. The van der Waals surface area contributed by atoms with Crippen molar-refractivity contribution in [2.75, 3.05) is 0 Å². The van der Waals surface area contributed by atoms with Crippen LogP contribution >= 0.6 is 11.6 Å². The zero-order valence-electron chi connectivity index (χ0n) is 6.64. The molecule has 1 rings (SSSR count). The van der Waals surface area contributed by atoms with Gasteiger partial charge in [-0.15, -0.1) is 8.78 Å². The molecule has 0 saturated carbocycles. The van der Waals surface area contributed by atoms with Crippen LogP contribution in [0.1, 0.15) is 10.4 Å². The maximum absolute atomic E-state index is 12.1. The molecule has 0 N–H and O–H groups in total. The second kappa shape index (κ2) is 3.88. The first-order chi connectivity index (χ1) is 6.38. The van der Waals surface area contributed by atoms with Crippen LogP contribution in [0.3, 0.4) is 0 Å². The lowest BCUT2D eigenvalue weighted by Gasteiger charge is -2.09. The van der Waals surface area contributed by atoms with Gasteiger partial charge in [-0.05, 0) is 24.3 Å². The number of alkyl halides is 3. The van der Waals surface area contributed by atoms with Gasteiger partial charge in [0.2, 0.25) is 0 Å². The van der Waals surface area contributed by atoms with Crippen molar-refractivity contribution in [1.82, 2.24) is 0 Å². The van der Waals surface area contributed by atoms with Crippen LogP contribution in [0, 0.1) is 0 Å². The highest BCUT2D eigenvalue weighted by atomic mass is 35.5. The first-order valence-electron chi connectivity index (χ1n) is 3.44. The monoisotopic (exact) mass is 224 g/mol. The highest BCUT2D eigenvalue weighted by Crippen LogP contribution is 2.24. The van der Waals surface area contributed by atoms with Crippen molar-refractivity contribution in [1.29, 1.82) is 0 Å². The van der Waals surface area contributed by atoms with Crippen molar-refractivity contribution in [2.24, 2.45) is 0 Å². The van der Waals surface area contributed by atoms with Gasteiger partial charge in [0.15, 0.2) is 0 Å². The zero-order valence-corrected chi connectivity index (χ0v) is 7.39. The van der Waals surface area contributed by atoms with Crippen molar-refractivity contribution in [3.05, 3.63) is 29.8 Å². The standard InChI is InChI=1S/C8H4ClF3O2/c9-8(11,12)14-6-3-1-5(2-4-6)7(10)13/h1-4H. The molecule has 0 aliphatic carbocycles. The minimum Gasteiger partial charge on any atom is -0.420 e. The van der Waals surface area contributed by atoms with E-state index in [-0.39, 0.29) is 11.3 Å². The first-order valence-corrected chi connectivity index (χ1v) is 3.82. The van der Waals surface area contributed by atoms with E-state index in [9.17, 15) is 18.0 Å². The lowest BCUT2D eigenvalue weighted by Crippen LogP contribution is -2.15. The van der Waals surface area contributed by atoms with E-state index in [4.69, 9.17) is 0 Å². The largest absolute Gasteiger partial charge is 0.487 e. The second-order valence-corrected chi connectivity index (χ2v) is 2.79. The maximum Gasteiger partial charge on any atom is 0.487 e. The number of carbonyl (C=O) groups is 1. The van der Waals surface area contributed by atoms with Crippen molar-refractivity contribution in [2.45, 2.75) is 5.57 Å². The minimum absolute atomic E-state index is 0.241. The van der Waals surface area contributed by atoms with E-state index >= 15 is 0 Å². The molecule has 0 aromatic heterocycles. The molecule has 1 aromatic rings. The van der Waals surface area contributed by atoms with Crippen molar-refractivity contribution in [3.63, 3.8) is 0 Å². The predicted molar refractivity (Wildman–Crippen MR) is 43.3 cm³/mol. The molecule has 0 spiro atoms. The predicted octanol–water partition coefficient (Wildman–Crippen LogP) is 2.96. The molecule has 0 radical (unpaired) electrons. The van der Waals surface area contributed by atoms with E-state index in [0.717, 1.165) is 24.3 Å². The maximum atomic E-state index is 12.1. The summed E-state index contributed by atoms with van der Waals surface area (Å²) < 4.78 is 40.1. The molecule has 76 valence electrons. The summed E-state index contributed by atoms with van der Waals surface area (Å²) in [4.78, 5) is 10.2. The quantitative estimate of drug-likeness (QED) is 0.583. The average molecular weight is 225 g/mol. The van der Waals surface area contributed by atoms with Crippen molar-refractivity contribution >= 4 is 17.6 Å². The van der Waals surface area contributed by atoms with Crippen LogP contribution < -0.4 is 4.74 Å². The van der Waals surface area contributed by atoms with Gasteiger partial charge in [-0.3, -0.25) is 4.79 Å². The van der Waals surface area contributed by atoms with Crippen LogP contribution in [0.15, 0.2) is 24.3 Å². The Morgan fingerprint density at radius 3 is 2.14 bits per heavy atom. The molecule has 0 amide bonds. The van der Waals surface area contributed by atoms with E-state index < -0.39 is 11.6 Å². The molecular formula is C8H4ClF3O2. The van der Waals surface area contributed by atoms with Gasteiger partial charge in [0.25, 0.3) is 0 Å². The van der Waals surface area contributed by atoms with E-state index in [1.807, 2.05) is 0 Å². The van der Waals surface area contributed by atoms with Crippen LogP contribution in [0.4, 0.5) is 13.2 Å². The molecule has 0 atom stereocenters. The van der Waals surface area contributed by atoms with Crippen LogP contribution in [0.5, 0.6) is 5.75 Å². The Balaban J connectivity index is 2.79. The number of hydrogen-bond acceptors (Lipinski definition) is 2. The molecule has 0 unspecified atom stereocenters. The summed E-state index contributed by atoms with van der Waals surface area (Å²) in [6, 6.07) is 2.42. The number of carbonyl (C=O) groups excluding carboxylic acids is 1. The van der Waals surface area contributed by atoms with Gasteiger partial charge in [0.05, 0.1) is 5.56 Å². The number of hydrogen-bond donors (Lipinski definition) is 0. The third-order valence-corrected chi connectivity index (χ3v) is 1.39. The summed E-state index contributed by atoms with van der Waals surface area (Å²) in [6.07, 6.45) is 0. The molecule has 0 heterocycles. The van der Waals surface area contributed by atoms with Gasteiger partial charge >= 0.3 is 11.6 Å². The third-order valence-electron chi connectivity index (χ3n) is 1.31. The highest BCUT2D eigenvalue weighted by Gasteiger charge is 2.27. The lowest BCUT2D eigenvalue weighted by molar-refractivity contribution is -0.0964. The summed E-state index contributed by atoms with van der Waals surface area (Å²) in [5.74, 6) is -0.255. The molecule has 0 bridgehead atoms. The molecular weight excluding hydrogens is 221 g/mol. The molecule has 1 aromatic carbocycles. The fraction of sp³-hybridized carbons (Fsp3) is 0.125. The zero-order chi connectivity index (χ0) is 10.8. The fourth-order valence-electron chi connectivity index (χ4n) is 0.788. The first kappa shape index (κ1) is 10.8. The molecule has 6 heteroatoms. The Kier molecular flexibility index (Phi) is 3.00. The SMILES string of the molecule is O=C(F)c1ccc(OC(F)(F)Cl)cc1. The van der Waals surface area contributed by atoms with E-state index in [1.165, 1.54) is 0 Å². The van der Waals surface area contributed by atoms with Crippen molar-refractivity contribution in [3.8, 4) is 5.75 Å². The summed E-state index contributed by atoms with van der Waals surface area (Å²) in [5, 5.41) is 0. The van der Waals surface area contributed by atoms with Gasteiger partial charge in [0, 0.05) is 11.6 Å². The topological polar surface area (TPSA) is 26.3 Å². The van der Waals surface area contributed by atoms with Crippen molar-refractivity contribution < 1.29 is 22.7 Å². The molecule has 14 heavy (non-hydrogen) atoms. The van der Waals surface area contributed by atoms with Crippen LogP contribution in [-0.4, -0.2) is 11.6 Å². The number of ether oxygens (including phenoxy) is 1. The average Bonchev–Trinajstić information content (AvgIpc) is 2.02. The highest BCUT2D eigenvalue weighted by molar-refractivity contribution is 6.20. The molecule has 0 saturated heterocycles. The third kappa shape index (κ3) is 3.26. The summed E-state index contributed by atoms with van der Waals surface area (Å²) in [7, 11) is 0. The van der Waals surface area contributed by atoms with Gasteiger partial charge < -0.3 is 4.74 Å². The minimum atomic E-state index is -3.82. The van der Waals surface area contributed by atoms with Gasteiger partial charge in [-0.25, -0.2) is 0 Å². The summed E-state index contributed by atoms with van der Waals surface area (Å²) >= 11 is 4.47. The van der Waals surface area contributed by atoms with E-state index in [2.05, 4.69) is 16.3 Å². The Bertz CT molecular complexity index is 331. The number of halogens is 4. The Morgan fingerprint density at radius 1 is 1.29 bits per heavy atom. The van der Waals surface area contributed by atoms with Gasteiger partial charge in [-0.1, -0.05) is 0 Å². The van der Waals surface area contributed by atoms with Crippen LogP contribution in [0.25, 0.3) is 0 Å². The lowest BCUT2D eigenvalue weighted by atomic mass is 10.2. The van der Waals surface area contributed by atoms with E-state index in [1.54, 1.807) is 0 Å². The molecule has 0 aliphatic heterocycles. The number of benzene rings is 1. The fourth-order valence-corrected chi connectivity index (χ4v) is 0.877. The molecule has 0 fully saturated rings. The Morgan fingerprint density at radius 2 is 1.79 bits per heavy atom.